The Balaban J connectivity index is 1.33. The zero-order valence-electron chi connectivity index (χ0n) is 21.1. The minimum atomic E-state index is -0.598. The first-order valence-corrected chi connectivity index (χ1v) is 12.4. The van der Waals surface area contributed by atoms with Gasteiger partial charge < -0.3 is 31.3 Å². The minimum absolute atomic E-state index is 0.0858. The summed E-state index contributed by atoms with van der Waals surface area (Å²) in [5.74, 6) is -0.253. The number of nitrogens with one attached hydrogen (secondary N) is 1. The Hall–Kier alpha value is -3.92. The third kappa shape index (κ3) is 9.23. The molecule has 2 aromatic carbocycles. The molecule has 198 valence electrons. The van der Waals surface area contributed by atoms with Gasteiger partial charge >= 0.3 is 12.1 Å². The van der Waals surface area contributed by atoms with Crippen molar-refractivity contribution in [1.29, 1.82) is 0 Å². The largest absolute Gasteiger partial charge is 0.445 e. The zero-order valence-corrected chi connectivity index (χ0v) is 21.1. The number of hydrogen-bond acceptors (Lipinski definition) is 7. The minimum Gasteiger partial charge on any atom is -0.445 e. The summed E-state index contributed by atoms with van der Waals surface area (Å²) in [6, 6.07) is 16.1. The van der Waals surface area contributed by atoms with Crippen molar-refractivity contribution in [3.8, 4) is 0 Å². The van der Waals surface area contributed by atoms with Crippen molar-refractivity contribution in [3.05, 3.63) is 71.3 Å². The molecule has 1 aliphatic heterocycles. The van der Waals surface area contributed by atoms with E-state index in [-0.39, 0.29) is 24.4 Å². The Morgan fingerprint density at radius 2 is 1.73 bits per heavy atom. The number of amidine groups is 1. The van der Waals surface area contributed by atoms with Gasteiger partial charge in [0.25, 0.3) is 0 Å². The monoisotopic (exact) mass is 509 g/mol. The number of benzene rings is 2. The maximum Gasteiger partial charge on any atom is 0.410 e. The van der Waals surface area contributed by atoms with E-state index in [2.05, 4.69) is 15.3 Å². The first kappa shape index (κ1) is 27.7. The molecule has 10 heteroatoms. The molecule has 2 amide bonds. The molecule has 1 heterocycles. The fraction of sp³-hybridized carbons (Fsp3) is 0.407. The zero-order chi connectivity index (χ0) is 26.6. The third-order valence-corrected chi connectivity index (χ3v) is 6.29. The molecule has 0 radical (unpaired) electrons. The Labute approximate surface area is 217 Å². The van der Waals surface area contributed by atoms with Crippen LogP contribution >= 0.6 is 0 Å². The van der Waals surface area contributed by atoms with Crippen LogP contribution in [-0.2, 0) is 32.3 Å². The van der Waals surface area contributed by atoms with Crippen LogP contribution in [0.15, 0.2) is 59.8 Å². The van der Waals surface area contributed by atoms with Crippen molar-refractivity contribution in [1.82, 2.24) is 10.2 Å². The number of rotatable bonds is 10. The molecule has 2 aromatic rings. The Morgan fingerprint density at radius 3 is 2.38 bits per heavy atom. The predicted molar refractivity (Wildman–Crippen MR) is 139 cm³/mol. The predicted octanol–water partition coefficient (Wildman–Crippen LogP) is 2.64. The summed E-state index contributed by atoms with van der Waals surface area (Å²) in [5, 5.41) is 6.41. The van der Waals surface area contributed by atoms with Gasteiger partial charge in [0.15, 0.2) is 5.84 Å². The lowest BCUT2D eigenvalue weighted by Gasteiger charge is -2.31. The summed E-state index contributed by atoms with van der Waals surface area (Å²) in [4.78, 5) is 41.9. The number of hydrogen-bond donors (Lipinski definition) is 3. The van der Waals surface area contributed by atoms with Gasteiger partial charge in [-0.25, -0.2) is 9.59 Å². The van der Waals surface area contributed by atoms with Crippen LogP contribution in [0.2, 0.25) is 0 Å². The van der Waals surface area contributed by atoms with Crippen LogP contribution in [0.4, 0.5) is 4.79 Å². The molecule has 37 heavy (non-hydrogen) atoms. The Bertz CT molecular complexity index is 1070. The van der Waals surface area contributed by atoms with Crippen molar-refractivity contribution in [2.45, 2.75) is 51.8 Å². The molecular formula is C27H35N5O5. The fourth-order valence-electron chi connectivity index (χ4n) is 4.04. The molecule has 10 nitrogen and oxygen atoms in total. The summed E-state index contributed by atoms with van der Waals surface area (Å²) in [7, 11) is 0. The lowest BCUT2D eigenvalue weighted by molar-refractivity contribution is -0.141. The number of ether oxygens (including phenoxy) is 1. The van der Waals surface area contributed by atoms with E-state index in [4.69, 9.17) is 16.2 Å². The second-order valence-corrected chi connectivity index (χ2v) is 9.13. The molecule has 1 aliphatic rings. The number of amides is 2. The molecule has 5 N–H and O–H groups in total. The van der Waals surface area contributed by atoms with Crippen LogP contribution in [0.25, 0.3) is 0 Å². The fourth-order valence-corrected chi connectivity index (χ4v) is 4.04. The van der Waals surface area contributed by atoms with Crippen LogP contribution in [0.5, 0.6) is 0 Å². The SMILES string of the molecule is CC(=O)ON=C(N)c1ccc(CNC(=O)[C@@H](N)CCC2CCN(C(=O)OCc3ccccc3)CC2)cc1. The van der Waals surface area contributed by atoms with Gasteiger partial charge in [0.2, 0.25) is 5.91 Å². The van der Waals surface area contributed by atoms with Crippen molar-refractivity contribution in [2.75, 3.05) is 13.1 Å². The number of piperidine rings is 1. The first-order valence-electron chi connectivity index (χ1n) is 12.4. The molecule has 0 spiro atoms. The van der Waals surface area contributed by atoms with Gasteiger partial charge in [-0.3, -0.25) is 4.79 Å². The highest BCUT2D eigenvalue weighted by atomic mass is 16.7. The quantitative estimate of drug-likeness (QED) is 0.193. The second-order valence-electron chi connectivity index (χ2n) is 9.13. The maximum atomic E-state index is 12.5. The molecular weight excluding hydrogens is 474 g/mol. The van der Waals surface area contributed by atoms with E-state index >= 15 is 0 Å². The molecule has 1 fully saturated rings. The van der Waals surface area contributed by atoms with Crippen LogP contribution in [0.1, 0.15) is 49.3 Å². The number of nitrogens with zero attached hydrogens (tertiary/aromatic N) is 2. The average molecular weight is 510 g/mol. The molecule has 0 saturated carbocycles. The first-order chi connectivity index (χ1) is 17.8. The van der Waals surface area contributed by atoms with Gasteiger partial charge in [-0.1, -0.05) is 59.8 Å². The topological polar surface area (TPSA) is 149 Å². The Kier molecular flexibility index (Phi) is 10.5. The van der Waals surface area contributed by atoms with Gasteiger partial charge in [0, 0.05) is 32.1 Å². The van der Waals surface area contributed by atoms with E-state index in [0.717, 1.165) is 30.4 Å². The summed E-state index contributed by atoms with van der Waals surface area (Å²) >= 11 is 0. The number of carbonyl (C=O) groups excluding carboxylic acids is 3. The highest BCUT2D eigenvalue weighted by Crippen LogP contribution is 2.23. The number of oxime groups is 1. The lowest BCUT2D eigenvalue weighted by Crippen LogP contribution is -2.41. The van der Waals surface area contributed by atoms with Crippen molar-refractivity contribution in [2.24, 2.45) is 22.5 Å². The summed E-state index contributed by atoms with van der Waals surface area (Å²) < 4.78 is 5.42. The standard InChI is InChI=1S/C27H35N5O5/c1-19(33)37-31-25(29)23-10-7-21(8-11-23)17-30-26(34)24(28)12-9-20-13-15-32(16-14-20)27(35)36-18-22-5-3-2-4-6-22/h2-8,10-11,20,24H,9,12-18,28H2,1H3,(H2,29,31)(H,30,34)/t24-/m0/s1. The molecule has 1 saturated heterocycles. The molecule has 0 aliphatic carbocycles. The van der Waals surface area contributed by atoms with Gasteiger partial charge in [0.1, 0.15) is 6.61 Å². The molecule has 1 atom stereocenters. The van der Waals surface area contributed by atoms with E-state index in [0.29, 0.717) is 37.5 Å². The highest BCUT2D eigenvalue weighted by molar-refractivity contribution is 5.97. The van der Waals surface area contributed by atoms with Crippen LogP contribution in [0.3, 0.4) is 0 Å². The number of nitrogens with two attached hydrogens (primary N) is 2. The van der Waals surface area contributed by atoms with Crippen LogP contribution in [-0.4, -0.2) is 47.8 Å². The van der Waals surface area contributed by atoms with E-state index < -0.39 is 12.0 Å². The number of carbonyl (C=O) groups is 3. The maximum absolute atomic E-state index is 12.5. The molecule has 0 aromatic heterocycles. The normalized spacial score (nSPS) is 15.1. The van der Waals surface area contributed by atoms with Gasteiger partial charge in [-0.15, -0.1) is 0 Å². The second kappa shape index (κ2) is 14.0. The molecule has 0 bridgehead atoms. The van der Waals surface area contributed by atoms with Gasteiger partial charge in [0.05, 0.1) is 6.04 Å². The van der Waals surface area contributed by atoms with E-state index in [1.54, 1.807) is 29.2 Å². The van der Waals surface area contributed by atoms with Crippen molar-refractivity contribution in [3.63, 3.8) is 0 Å². The average Bonchev–Trinajstić information content (AvgIpc) is 2.93. The summed E-state index contributed by atoms with van der Waals surface area (Å²) in [6.45, 7) is 3.13. The van der Waals surface area contributed by atoms with Gasteiger partial charge in [-0.2, -0.15) is 0 Å². The highest BCUT2D eigenvalue weighted by Gasteiger charge is 2.25. The number of likely N-dealkylation sites (tertiary alicyclic amines) is 1. The van der Waals surface area contributed by atoms with E-state index in [1.807, 2.05) is 30.3 Å². The van der Waals surface area contributed by atoms with Crippen LogP contribution in [0, 0.1) is 5.92 Å². The van der Waals surface area contributed by atoms with E-state index in [9.17, 15) is 14.4 Å². The molecule has 3 rings (SSSR count). The summed E-state index contributed by atoms with van der Waals surface area (Å²) in [6.07, 6.45) is 2.86. The summed E-state index contributed by atoms with van der Waals surface area (Å²) in [5.41, 5.74) is 14.3. The third-order valence-electron chi connectivity index (χ3n) is 6.29. The van der Waals surface area contributed by atoms with Crippen molar-refractivity contribution >= 4 is 23.8 Å². The Morgan fingerprint density at radius 1 is 1.05 bits per heavy atom. The van der Waals surface area contributed by atoms with Crippen LogP contribution < -0.4 is 16.8 Å². The molecule has 0 unspecified atom stereocenters. The smallest absolute Gasteiger partial charge is 0.410 e. The van der Waals surface area contributed by atoms with Crippen molar-refractivity contribution < 1.29 is 24.0 Å². The van der Waals surface area contributed by atoms with E-state index in [1.165, 1.54) is 6.92 Å². The van der Waals surface area contributed by atoms with Gasteiger partial charge in [-0.05, 0) is 42.7 Å². The lowest BCUT2D eigenvalue weighted by atomic mass is 9.90.